The number of carbonyl (C=O) groups is 1. The lowest BCUT2D eigenvalue weighted by Crippen LogP contribution is -2.46. The zero-order valence-electron chi connectivity index (χ0n) is 18.5. The molecule has 162 valence electrons. The molecule has 4 rings (SSSR count). The number of nitrogens with zero attached hydrogens (tertiary/aromatic N) is 4. The zero-order valence-corrected chi connectivity index (χ0v) is 19.4. The number of thiazole rings is 1. The van der Waals surface area contributed by atoms with Crippen LogP contribution in [0.4, 0.5) is 16.5 Å². The van der Waals surface area contributed by atoms with Gasteiger partial charge in [0, 0.05) is 50.7 Å². The Hall–Kier alpha value is -2.70. The summed E-state index contributed by atoms with van der Waals surface area (Å²) in [4.78, 5) is 24.0. The largest absolute Gasteiger partial charge is 0.369 e. The van der Waals surface area contributed by atoms with Crippen molar-refractivity contribution in [1.82, 2.24) is 9.88 Å². The van der Waals surface area contributed by atoms with Crippen LogP contribution in [0.1, 0.15) is 30.7 Å². The van der Waals surface area contributed by atoms with Gasteiger partial charge >= 0.3 is 0 Å². The first kappa shape index (κ1) is 21.5. The average Bonchev–Trinajstić information content (AvgIpc) is 3.22. The van der Waals surface area contributed by atoms with Crippen LogP contribution in [0.2, 0.25) is 0 Å². The summed E-state index contributed by atoms with van der Waals surface area (Å²) in [7, 11) is 0. The Morgan fingerprint density at radius 1 is 1.10 bits per heavy atom. The van der Waals surface area contributed by atoms with Crippen molar-refractivity contribution in [3.05, 3.63) is 70.7 Å². The van der Waals surface area contributed by atoms with Crippen molar-refractivity contribution in [1.29, 1.82) is 0 Å². The van der Waals surface area contributed by atoms with Crippen LogP contribution in [0.25, 0.3) is 0 Å². The number of hydrogen-bond donors (Lipinski definition) is 0. The maximum absolute atomic E-state index is 12.5. The summed E-state index contributed by atoms with van der Waals surface area (Å²) in [5.74, 6) is -0.00595. The zero-order chi connectivity index (χ0) is 21.8. The van der Waals surface area contributed by atoms with Crippen LogP contribution in [-0.4, -0.2) is 42.0 Å². The summed E-state index contributed by atoms with van der Waals surface area (Å²) in [6.45, 7) is 10.7. The van der Waals surface area contributed by atoms with Crippen LogP contribution in [0, 0.1) is 6.92 Å². The second-order valence-electron chi connectivity index (χ2n) is 8.06. The fourth-order valence-electron chi connectivity index (χ4n) is 4.12. The van der Waals surface area contributed by atoms with E-state index in [0.717, 1.165) is 61.2 Å². The summed E-state index contributed by atoms with van der Waals surface area (Å²) in [5, 5.41) is 2.84. The molecule has 1 aliphatic heterocycles. The second-order valence-corrected chi connectivity index (χ2v) is 8.90. The fraction of sp³-hybridized carbons (Fsp3) is 0.360. The maximum atomic E-state index is 12.5. The van der Waals surface area contributed by atoms with Gasteiger partial charge in [0.15, 0.2) is 5.13 Å². The number of amides is 1. The molecule has 1 saturated heterocycles. The van der Waals surface area contributed by atoms with Gasteiger partial charge in [0.25, 0.3) is 0 Å². The van der Waals surface area contributed by atoms with Gasteiger partial charge in [0.05, 0.1) is 11.4 Å². The number of rotatable bonds is 6. The smallest absolute Gasteiger partial charge is 0.230 e. The molecule has 1 fully saturated rings. The quantitative estimate of drug-likeness (QED) is 0.546. The Morgan fingerprint density at radius 2 is 1.87 bits per heavy atom. The van der Waals surface area contributed by atoms with Crippen molar-refractivity contribution in [2.24, 2.45) is 0 Å². The minimum atomic E-state index is -0.00595. The molecule has 1 aliphatic rings. The van der Waals surface area contributed by atoms with Crippen molar-refractivity contribution in [2.45, 2.75) is 33.7 Å². The van der Waals surface area contributed by atoms with Gasteiger partial charge in [0.2, 0.25) is 5.91 Å². The monoisotopic (exact) mass is 434 g/mol. The maximum Gasteiger partial charge on any atom is 0.230 e. The number of piperazine rings is 1. The third kappa shape index (κ3) is 4.97. The highest BCUT2D eigenvalue weighted by Crippen LogP contribution is 2.32. The Bertz CT molecular complexity index is 1040. The lowest BCUT2D eigenvalue weighted by molar-refractivity contribution is -0.115. The first-order valence-corrected chi connectivity index (χ1v) is 11.8. The number of anilines is 3. The second kappa shape index (κ2) is 9.62. The molecular weight excluding hydrogens is 404 g/mol. The molecule has 0 radical (unpaired) electrons. The Morgan fingerprint density at radius 3 is 2.58 bits per heavy atom. The van der Waals surface area contributed by atoms with Crippen LogP contribution >= 0.6 is 11.3 Å². The van der Waals surface area contributed by atoms with Crippen molar-refractivity contribution in [3.63, 3.8) is 0 Å². The molecule has 0 N–H and O–H groups in total. The average molecular weight is 435 g/mol. The molecule has 0 spiro atoms. The van der Waals surface area contributed by atoms with Crippen LogP contribution < -0.4 is 9.80 Å². The molecule has 1 amide bonds. The number of aryl methyl sites for hydroxylation is 2. The van der Waals surface area contributed by atoms with Crippen LogP contribution in [0.5, 0.6) is 0 Å². The number of hydrogen-bond acceptors (Lipinski definition) is 5. The van der Waals surface area contributed by atoms with Crippen molar-refractivity contribution < 1.29 is 4.79 Å². The van der Waals surface area contributed by atoms with Gasteiger partial charge in [-0.15, -0.1) is 11.3 Å². The molecule has 2 aromatic carbocycles. The third-order valence-corrected chi connectivity index (χ3v) is 6.66. The molecule has 0 saturated carbocycles. The van der Waals surface area contributed by atoms with E-state index in [9.17, 15) is 4.79 Å². The molecule has 31 heavy (non-hydrogen) atoms. The van der Waals surface area contributed by atoms with Gasteiger partial charge < -0.3 is 4.90 Å². The third-order valence-electron chi connectivity index (χ3n) is 5.78. The predicted octanol–water partition coefficient (Wildman–Crippen LogP) is 5.02. The fourth-order valence-corrected chi connectivity index (χ4v) is 5.00. The first-order chi connectivity index (χ1) is 15.0. The van der Waals surface area contributed by atoms with E-state index >= 15 is 0 Å². The van der Waals surface area contributed by atoms with Gasteiger partial charge in [-0.25, -0.2) is 4.98 Å². The van der Waals surface area contributed by atoms with Crippen LogP contribution in [-0.2, 0) is 17.8 Å². The Balaban J connectivity index is 1.42. The minimum Gasteiger partial charge on any atom is -0.369 e. The van der Waals surface area contributed by atoms with Gasteiger partial charge in [-0.2, -0.15) is 0 Å². The molecule has 0 aliphatic carbocycles. The van der Waals surface area contributed by atoms with Crippen molar-refractivity contribution in [2.75, 3.05) is 36.0 Å². The molecule has 2 heterocycles. The van der Waals surface area contributed by atoms with Crippen molar-refractivity contribution >= 4 is 33.8 Å². The summed E-state index contributed by atoms with van der Waals surface area (Å²) in [6, 6.07) is 16.8. The van der Waals surface area contributed by atoms with E-state index in [2.05, 4.69) is 59.4 Å². The molecule has 0 bridgehead atoms. The summed E-state index contributed by atoms with van der Waals surface area (Å²) >= 11 is 1.54. The molecule has 0 atom stereocenters. The van der Waals surface area contributed by atoms with Crippen molar-refractivity contribution in [3.8, 4) is 0 Å². The van der Waals surface area contributed by atoms with E-state index in [-0.39, 0.29) is 5.91 Å². The Kier molecular flexibility index (Phi) is 6.68. The standard InChI is InChI=1S/C25H30N4OS/c1-4-21-9-5-6-11-24(21)29(20(3)30)25-26-22(18-31-25)17-27-12-14-28(15-13-27)23-10-7-8-19(2)16-23/h5-11,16,18H,4,12-15,17H2,1-3H3. The molecular formula is C25H30N4OS. The van der Waals surface area contributed by atoms with Gasteiger partial charge in [0.1, 0.15) is 0 Å². The van der Waals surface area contributed by atoms with Gasteiger partial charge in [-0.05, 0) is 42.7 Å². The topological polar surface area (TPSA) is 39.7 Å². The molecule has 1 aromatic heterocycles. The van der Waals surface area contributed by atoms with E-state index < -0.39 is 0 Å². The highest BCUT2D eigenvalue weighted by atomic mass is 32.1. The first-order valence-electron chi connectivity index (χ1n) is 10.9. The Labute approximate surface area is 188 Å². The van der Waals surface area contributed by atoms with E-state index in [1.807, 2.05) is 18.2 Å². The summed E-state index contributed by atoms with van der Waals surface area (Å²) < 4.78 is 0. The van der Waals surface area contributed by atoms with E-state index in [0.29, 0.717) is 0 Å². The highest BCUT2D eigenvalue weighted by Gasteiger charge is 2.22. The van der Waals surface area contributed by atoms with Gasteiger partial charge in [-0.3, -0.25) is 14.6 Å². The number of carbonyl (C=O) groups excluding carboxylic acids is 1. The van der Waals surface area contributed by atoms with E-state index in [1.54, 1.807) is 23.2 Å². The summed E-state index contributed by atoms with van der Waals surface area (Å²) in [5.41, 5.74) is 5.73. The molecule has 0 unspecified atom stereocenters. The normalized spacial score (nSPS) is 14.6. The SMILES string of the molecule is CCc1ccccc1N(C(C)=O)c1nc(CN2CCN(c3cccc(C)c3)CC2)cs1. The van der Waals surface area contributed by atoms with E-state index in [1.165, 1.54) is 11.3 Å². The lowest BCUT2D eigenvalue weighted by Gasteiger charge is -2.36. The van der Waals surface area contributed by atoms with Crippen LogP contribution in [0.3, 0.4) is 0 Å². The number of aromatic nitrogens is 1. The number of para-hydroxylation sites is 1. The molecule has 6 heteroatoms. The minimum absolute atomic E-state index is 0.00595. The molecule has 5 nitrogen and oxygen atoms in total. The van der Waals surface area contributed by atoms with Crippen LogP contribution in [0.15, 0.2) is 53.9 Å². The lowest BCUT2D eigenvalue weighted by atomic mass is 10.1. The highest BCUT2D eigenvalue weighted by molar-refractivity contribution is 7.14. The molecule has 3 aromatic rings. The number of benzene rings is 2. The van der Waals surface area contributed by atoms with Gasteiger partial charge in [-0.1, -0.05) is 37.3 Å². The van der Waals surface area contributed by atoms with E-state index in [4.69, 9.17) is 4.98 Å². The summed E-state index contributed by atoms with van der Waals surface area (Å²) in [6.07, 6.45) is 0.878. The predicted molar refractivity (Wildman–Crippen MR) is 129 cm³/mol.